The van der Waals surface area contributed by atoms with E-state index in [1.54, 1.807) is 7.05 Å². The molecule has 0 bridgehead atoms. The van der Waals surface area contributed by atoms with E-state index in [0.717, 1.165) is 14.9 Å². The molecule has 0 amide bonds. The van der Waals surface area contributed by atoms with Gasteiger partial charge < -0.3 is 5.73 Å². The number of nitrogens with one attached hydrogen (secondary N) is 1. The van der Waals surface area contributed by atoms with Crippen LogP contribution >= 0.6 is 27.7 Å². The Morgan fingerprint density at radius 1 is 1.56 bits per heavy atom. The monoisotopic (exact) mass is 328 g/mol. The van der Waals surface area contributed by atoms with Gasteiger partial charge in [0.15, 0.2) is 5.16 Å². The number of nitrogens with zero attached hydrogens (tertiary/aromatic N) is 2. The zero-order valence-electron chi connectivity index (χ0n) is 9.98. The van der Waals surface area contributed by atoms with Gasteiger partial charge in [0.25, 0.3) is 0 Å². The lowest BCUT2D eigenvalue weighted by Crippen LogP contribution is -2.12. The summed E-state index contributed by atoms with van der Waals surface area (Å²) in [6.45, 7) is 1.94. The van der Waals surface area contributed by atoms with Crippen LogP contribution in [0.1, 0.15) is 18.5 Å². The molecule has 0 fully saturated rings. The van der Waals surface area contributed by atoms with Crippen LogP contribution in [0.15, 0.2) is 37.5 Å². The van der Waals surface area contributed by atoms with Gasteiger partial charge in [0.05, 0.1) is 0 Å². The van der Waals surface area contributed by atoms with Crippen LogP contribution in [0.4, 0.5) is 0 Å². The number of benzene rings is 1. The van der Waals surface area contributed by atoms with E-state index in [2.05, 4.69) is 26.1 Å². The maximum absolute atomic E-state index is 11.3. The molecule has 1 aromatic carbocycles. The molecule has 0 aliphatic carbocycles. The van der Waals surface area contributed by atoms with Gasteiger partial charge in [-0.2, -0.15) is 0 Å². The maximum atomic E-state index is 11.3. The van der Waals surface area contributed by atoms with Gasteiger partial charge in [0.1, 0.15) is 0 Å². The van der Waals surface area contributed by atoms with Crippen LogP contribution in [0, 0.1) is 0 Å². The van der Waals surface area contributed by atoms with Crippen molar-refractivity contribution >= 4 is 27.7 Å². The topological polar surface area (TPSA) is 76.7 Å². The van der Waals surface area contributed by atoms with Crippen LogP contribution in [0.3, 0.4) is 0 Å². The minimum Gasteiger partial charge on any atom is -0.324 e. The van der Waals surface area contributed by atoms with E-state index in [1.807, 2.05) is 25.1 Å². The van der Waals surface area contributed by atoms with E-state index in [4.69, 9.17) is 5.73 Å². The summed E-state index contributed by atoms with van der Waals surface area (Å²) >= 11 is 4.92. The van der Waals surface area contributed by atoms with Gasteiger partial charge in [-0.25, -0.2) is 9.89 Å². The van der Waals surface area contributed by atoms with Crippen LogP contribution in [-0.4, -0.2) is 14.8 Å². The summed E-state index contributed by atoms with van der Waals surface area (Å²) in [5.74, 6) is 0. The fourth-order valence-electron chi connectivity index (χ4n) is 1.41. The van der Waals surface area contributed by atoms with E-state index >= 15 is 0 Å². The highest BCUT2D eigenvalue weighted by Crippen LogP contribution is 2.33. The number of halogens is 1. The van der Waals surface area contributed by atoms with Gasteiger partial charge in [0, 0.05) is 22.5 Å². The molecule has 2 aromatic rings. The van der Waals surface area contributed by atoms with E-state index < -0.39 is 0 Å². The molecule has 1 atom stereocenters. The summed E-state index contributed by atoms with van der Waals surface area (Å²) in [7, 11) is 1.68. The molecule has 0 spiro atoms. The van der Waals surface area contributed by atoms with Crippen molar-refractivity contribution in [1.29, 1.82) is 0 Å². The molecule has 0 aliphatic rings. The minimum atomic E-state index is -0.221. The molecule has 0 saturated heterocycles. The summed E-state index contributed by atoms with van der Waals surface area (Å²) < 4.78 is 2.41. The third-order valence-corrected chi connectivity index (χ3v) is 4.56. The van der Waals surface area contributed by atoms with E-state index in [0.29, 0.717) is 5.16 Å². The average Bonchev–Trinajstić information content (AvgIpc) is 2.63. The summed E-state index contributed by atoms with van der Waals surface area (Å²) in [6.07, 6.45) is 0. The molecule has 1 heterocycles. The molecule has 7 heteroatoms. The molecule has 1 aromatic heterocycles. The maximum Gasteiger partial charge on any atom is 0.343 e. The smallest absolute Gasteiger partial charge is 0.324 e. The van der Waals surface area contributed by atoms with Crippen LogP contribution < -0.4 is 11.4 Å². The molecule has 2 rings (SSSR count). The first kappa shape index (κ1) is 13.4. The fourth-order valence-corrected chi connectivity index (χ4v) is 2.84. The van der Waals surface area contributed by atoms with Gasteiger partial charge in [-0.05, 0) is 52.3 Å². The number of hydrogen-bond donors (Lipinski definition) is 2. The fraction of sp³-hybridized carbons (Fsp3) is 0.273. The largest absolute Gasteiger partial charge is 0.343 e. The van der Waals surface area contributed by atoms with Crippen molar-refractivity contribution in [3.05, 3.63) is 38.7 Å². The SMILES string of the molecule is C[C@@H](N)c1ccc(Sc2n[nH]c(=O)n2C)c(Br)c1. The van der Waals surface area contributed by atoms with Crippen molar-refractivity contribution in [1.82, 2.24) is 14.8 Å². The molecule has 0 unspecified atom stereocenters. The summed E-state index contributed by atoms with van der Waals surface area (Å²) in [4.78, 5) is 12.2. The molecule has 0 saturated carbocycles. The van der Waals surface area contributed by atoms with Crippen LogP contribution in [0.2, 0.25) is 0 Å². The van der Waals surface area contributed by atoms with Crippen molar-refractivity contribution in [3.8, 4) is 0 Å². The average molecular weight is 329 g/mol. The standard InChI is InChI=1S/C11H13BrN4OS/c1-6(13)7-3-4-9(8(12)5-7)18-11-15-14-10(17)16(11)2/h3-6H,13H2,1-2H3,(H,14,17)/t6-/m1/s1. The highest BCUT2D eigenvalue weighted by molar-refractivity contribution is 9.10. The van der Waals surface area contributed by atoms with Crippen molar-refractivity contribution in [3.63, 3.8) is 0 Å². The lowest BCUT2D eigenvalue weighted by Gasteiger charge is -2.09. The Morgan fingerprint density at radius 2 is 2.28 bits per heavy atom. The third-order valence-electron chi connectivity index (χ3n) is 2.52. The van der Waals surface area contributed by atoms with Crippen molar-refractivity contribution in [2.45, 2.75) is 23.0 Å². The highest BCUT2D eigenvalue weighted by Gasteiger charge is 2.10. The number of nitrogens with two attached hydrogens (primary N) is 1. The third kappa shape index (κ3) is 2.68. The zero-order chi connectivity index (χ0) is 13.3. The second kappa shape index (κ2) is 5.29. The first-order valence-corrected chi connectivity index (χ1v) is 6.94. The Bertz CT molecular complexity index is 620. The van der Waals surface area contributed by atoms with Crippen molar-refractivity contribution < 1.29 is 0 Å². The quantitative estimate of drug-likeness (QED) is 0.903. The molecular weight excluding hydrogens is 316 g/mol. The Kier molecular flexibility index (Phi) is 3.94. The summed E-state index contributed by atoms with van der Waals surface area (Å²) in [5.41, 5.74) is 6.66. The second-order valence-corrected chi connectivity index (χ2v) is 5.81. The van der Waals surface area contributed by atoms with Crippen LogP contribution in [-0.2, 0) is 7.05 Å². The number of aromatic nitrogens is 3. The zero-order valence-corrected chi connectivity index (χ0v) is 12.4. The Balaban J connectivity index is 2.30. The van der Waals surface area contributed by atoms with Gasteiger partial charge in [-0.3, -0.25) is 4.57 Å². The van der Waals surface area contributed by atoms with Crippen molar-refractivity contribution in [2.75, 3.05) is 0 Å². The Morgan fingerprint density at radius 3 is 2.78 bits per heavy atom. The number of H-pyrrole nitrogens is 1. The molecule has 18 heavy (non-hydrogen) atoms. The van der Waals surface area contributed by atoms with Crippen LogP contribution in [0.5, 0.6) is 0 Å². The second-order valence-electron chi connectivity index (χ2n) is 3.95. The number of aromatic amines is 1. The van der Waals surface area contributed by atoms with Crippen LogP contribution in [0.25, 0.3) is 0 Å². The molecule has 3 N–H and O–H groups in total. The minimum absolute atomic E-state index is 0.00455. The first-order valence-electron chi connectivity index (χ1n) is 5.33. The van der Waals surface area contributed by atoms with Gasteiger partial charge >= 0.3 is 5.69 Å². The molecule has 96 valence electrons. The lowest BCUT2D eigenvalue weighted by atomic mass is 10.1. The van der Waals surface area contributed by atoms with Gasteiger partial charge in [0.2, 0.25) is 0 Å². The van der Waals surface area contributed by atoms with Gasteiger partial charge in [-0.1, -0.05) is 6.07 Å². The van der Waals surface area contributed by atoms with Gasteiger partial charge in [-0.15, -0.1) is 5.10 Å². The predicted octanol–water partition coefficient (Wildman–Crippen LogP) is 2.04. The summed E-state index contributed by atoms with van der Waals surface area (Å²) in [6, 6.07) is 5.92. The number of rotatable bonds is 3. The normalized spacial score (nSPS) is 12.7. The van der Waals surface area contributed by atoms with E-state index in [1.165, 1.54) is 16.3 Å². The Hall–Kier alpha value is -1.05. The molecular formula is C11H13BrN4OS. The number of hydrogen-bond acceptors (Lipinski definition) is 4. The summed E-state index contributed by atoms with van der Waals surface area (Å²) in [5, 5.41) is 6.98. The lowest BCUT2D eigenvalue weighted by molar-refractivity contribution is 0.765. The highest BCUT2D eigenvalue weighted by atomic mass is 79.9. The first-order chi connectivity index (χ1) is 8.49. The van der Waals surface area contributed by atoms with E-state index in [9.17, 15) is 4.79 Å². The molecule has 0 aliphatic heterocycles. The van der Waals surface area contributed by atoms with E-state index in [-0.39, 0.29) is 11.7 Å². The predicted molar refractivity (Wildman–Crippen MR) is 74.7 cm³/mol. The molecule has 5 nitrogen and oxygen atoms in total. The van der Waals surface area contributed by atoms with Crippen molar-refractivity contribution in [2.24, 2.45) is 12.8 Å². The Labute approximate surface area is 117 Å². The molecule has 0 radical (unpaired) electrons.